The van der Waals surface area contributed by atoms with Crippen LogP contribution >= 0.6 is 34.8 Å². The van der Waals surface area contributed by atoms with Crippen LogP contribution in [0, 0.1) is 0 Å². The Bertz CT molecular complexity index is 569. The van der Waals surface area contributed by atoms with Crippen molar-refractivity contribution in [2.24, 2.45) is 0 Å². The van der Waals surface area contributed by atoms with Crippen molar-refractivity contribution in [2.75, 3.05) is 6.61 Å². The van der Waals surface area contributed by atoms with Crippen molar-refractivity contribution in [1.29, 1.82) is 0 Å². The van der Waals surface area contributed by atoms with Crippen LogP contribution in [0.1, 0.15) is 17.0 Å². The van der Waals surface area contributed by atoms with Gasteiger partial charge >= 0.3 is 0 Å². The zero-order valence-corrected chi connectivity index (χ0v) is 12.4. The summed E-state index contributed by atoms with van der Waals surface area (Å²) in [6.07, 6.45) is 0.597. The summed E-state index contributed by atoms with van der Waals surface area (Å²) in [7, 11) is 0. The van der Waals surface area contributed by atoms with Gasteiger partial charge in [-0.1, -0.05) is 53.0 Å². The number of aliphatic hydroxyl groups is 1. The van der Waals surface area contributed by atoms with Gasteiger partial charge in [0.2, 0.25) is 0 Å². The first kappa shape index (κ1) is 14.7. The van der Waals surface area contributed by atoms with E-state index in [1.54, 1.807) is 12.1 Å². The topological polar surface area (TPSA) is 20.2 Å². The molecule has 0 radical (unpaired) electrons. The molecule has 0 bridgehead atoms. The molecule has 0 aliphatic carbocycles. The second kappa shape index (κ2) is 6.62. The maximum Gasteiger partial charge on any atom is 0.0503 e. The third kappa shape index (κ3) is 3.64. The highest BCUT2D eigenvalue weighted by atomic mass is 35.5. The lowest BCUT2D eigenvalue weighted by atomic mass is 9.92. The van der Waals surface area contributed by atoms with Crippen molar-refractivity contribution >= 4 is 34.8 Å². The molecule has 4 heteroatoms. The van der Waals surface area contributed by atoms with Crippen LogP contribution in [0.15, 0.2) is 42.5 Å². The molecule has 0 spiro atoms. The minimum atomic E-state index is -0.0929. The molecule has 0 fully saturated rings. The van der Waals surface area contributed by atoms with Crippen molar-refractivity contribution in [1.82, 2.24) is 0 Å². The first-order valence-electron chi connectivity index (χ1n) is 5.91. The molecule has 2 rings (SSSR count). The maximum absolute atomic E-state index is 9.59. The maximum atomic E-state index is 9.59. The molecule has 0 saturated carbocycles. The van der Waals surface area contributed by atoms with Gasteiger partial charge in [-0.25, -0.2) is 0 Å². The van der Waals surface area contributed by atoms with Gasteiger partial charge in [-0.2, -0.15) is 0 Å². The number of benzene rings is 2. The van der Waals surface area contributed by atoms with Crippen LogP contribution in [0.5, 0.6) is 0 Å². The van der Waals surface area contributed by atoms with E-state index in [9.17, 15) is 5.11 Å². The predicted molar refractivity (Wildman–Crippen MR) is 81.4 cm³/mol. The van der Waals surface area contributed by atoms with Gasteiger partial charge < -0.3 is 5.11 Å². The monoisotopic (exact) mass is 314 g/mol. The molecule has 100 valence electrons. The molecule has 0 aliphatic rings. The summed E-state index contributed by atoms with van der Waals surface area (Å²) in [6.45, 7) is 0.00652. The smallest absolute Gasteiger partial charge is 0.0503 e. The molecular formula is C15H13Cl3O. The van der Waals surface area contributed by atoms with Gasteiger partial charge in [0.1, 0.15) is 0 Å². The van der Waals surface area contributed by atoms with Gasteiger partial charge in [-0.15, -0.1) is 0 Å². The average molecular weight is 316 g/mol. The number of hydrogen-bond acceptors (Lipinski definition) is 1. The molecule has 1 atom stereocenters. The average Bonchev–Trinajstić information content (AvgIpc) is 2.41. The van der Waals surface area contributed by atoms with Gasteiger partial charge in [-0.05, 0) is 41.8 Å². The lowest BCUT2D eigenvalue weighted by Crippen LogP contribution is -2.08. The normalized spacial score (nSPS) is 12.4. The van der Waals surface area contributed by atoms with Crippen LogP contribution in [0.25, 0.3) is 0 Å². The predicted octanol–water partition coefficient (Wildman–Crippen LogP) is 4.97. The van der Waals surface area contributed by atoms with Crippen molar-refractivity contribution in [3.8, 4) is 0 Å². The Morgan fingerprint density at radius 3 is 2.37 bits per heavy atom. The number of aliphatic hydroxyl groups excluding tert-OH is 1. The Hall–Kier alpha value is -0.730. The fourth-order valence-corrected chi connectivity index (χ4v) is 2.72. The number of hydrogen-bond donors (Lipinski definition) is 1. The molecule has 2 aromatic carbocycles. The zero-order chi connectivity index (χ0) is 13.8. The minimum absolute atomic E-state index is 0.00652. The Kier molecular flexibility index (Phi) is 5.12. The zero-order valence-electron chi connectivity index (χ0n) is 10.1. The fraction of sp³-hybridized carbons (Fsp3) is 0.200. The van der Waals surface area contributed by atoms with Crippen molar-refractivity contribution in [3.63, 3.8) is 0 Å². The highest BCUT2D eigenvalue weighted by Gasteiger charge is 2.16. The fourth-order valence-electron chi connectivity index (χ4n) is 2.04. The Morgan fingerprint density at radius 2 is 1.68 bits per heavy atom. The van der Waals surface area contributed by atoms with Crippen LogP contribution in [-0.2, 0) is 6.42 Å². The molecule has 0 heterocycles. The Balaban J connectivity index is 2.29. The van der Waals surface area contributed by atoms with E-state index in [0.717, 1.165) is 11.1 Å². The largest absolute Gasteiger partial charge is 0.396 e. The summed E-state index contributed by atoms with van der Waals surface area (Å²) >= 11 is 18.3. The Morgan fingerprint density at radius 1 is 0.947 bits per heavy atom. The van der Waals surface area contributed by atoms with Gasteiger partial charge in [-0.3, -0.25) is 0 Å². The molecule has 1 N–H and O–H groups in total. The van der Waals surface area contributed by atoms with Gasteiger partial charge in [0, 0.05) is 21.0 Å². The summed E-state index contributed by atoms with van der Waals surface area (Å²) in [4.78, 5) is 0. The van der Waals surface area contributed by atoms with E-state index >= 15 is 0 Å². The molecule has 0 amide bonds. The second-order valence-corrected chi connectivity index (χ2v) is 5.59. The molecule has 2 aromatic rings. The lowest BCUT2D eigenvalue weighted by Gasteiger charge is -2.17. The van der Waals surface area contributed by atoms with Gasteiger partial charge in [0.05, 0.1) is 6.61 Å². The summed E-state index contributed by atoms with van der Waals surface area (Å²) < 4.78 is 0. The van der Waals surface area contributed by atoms with E-state index in [2.05, 4.69) is 0 Å². The lowest BCUT2D eigenvalue weighted by molar-refractivity contribution is 0.264. The third-order valence-electron chi connectivity index (χ3n) is 3.04. The molecule has 19 heavy (non-hydrogen) atoms. The summed E-state index contributed by atoms with van der Waals surface area (Å²) in [5.74, 6) is -0.0929. The molecule has 0 aromatic heterocycles. The second-order valence-electron chi connectivity index (χ2n) is 4.34. The SMILES string of the molecule is OCC(Cc1cc(Cl)ccc1Cl)c1ccccc1Cl. The van der Waals surface area contributed by atoms with E-state index in [4.69, 9.17) is 34.8 Å². The van der Waals surface area contributed by atoms with Crippen molar-refractivity contribution in [2.45, 2.75) is 12.3 Å². The number of halogens is 3. The first-order valence-corrected chi connectivity index (χ1v) is 7.04. The minimum Gasteiger partial charge on any atom is -0.396 e. The molecular weight excluding hydrogens is 303 g/mol. The molecule has 0 aliphatic heterocycles. The van der Waals surface area contributed by atoms with E-state index in [1.807, 2.05) is 30.3 Å². The van der Waals surface area contributed by atoms with Crippen molar-refractivity contribution in [3.05, 3.63) is 68.7 Å². The van der Waals surface area contributed by atoms with Crippen molar-refractivity contribution < 1.29 is 5.11 Å². The van der Waals surface area contributed by atoms with E-state index < -0.39 is 0 Å². The summed E-state index contributed by atoms with van der Waals surface area (Å²) in [5, 5.41) is 11.5. The van der Waals surface area contributed by atoms with E-state index in [-0.39, 0.29) is 12.5 Å². The van der Waals surface area contributed by atoms with E-state index in [1.165, 1.54) is 0 Å². The van der Waals surface area contributed by atoms with Crippen LogP contribution in [0.3, 0.4) is 0 Å². The first-order chi connectivity index (χ1) is 9.11. The van der Waals surface area contributed by atoms with Gasteiger partial charge in [0.15, 0.2) is 0 Å². The van der Waals surface area contributed by atoms with Gasteiger partial charge in [0.25, 0.3) is 0 Å². The van der Waals surface area contributed by atoms with Crippen LogP contribution in [0.2, 0.25) is 15.1 Å². The summed E-state index contributed by atoms with van der Waals surface area (Å²) in [6, 6.07) is 12.8. The van der Waals surface area contributed by atoms with Crippen LogP contribution < -0.4 is 0 Å². The third-order valence-corrected chi connectivity index (χ3v) is 3.99. The summed E-state index contributed by atoms with van der Waals surface area (Å²) in [5.41, 5.74) is 1.83. The number of rotatable bonds is 4. The van der Waals surface area contributed by atoms with Crippen LogP contribution in [-0.4, -0.2) is 11.7 Å². The Labute approximate surface area is 127 Å². The standard InChI is InChI=1S/C15H13Cl3O/c16-12-5-6-14(17)10(8-12)7-11(9-19)13-3-1-2-4-15(13)18/h1-6,8,11,19H,7,9H2. The molecule has 1 unspecified atom stereocenters. The van der Waals surface area contributed by atoms with Crippen LogP contribution in [0.4, 0.5) is 0 Å². The highest BCUT2D eigenvalue weighted by Crippen LogP contribution is 2.30. The molecule has 0 saturated heterocycles. The van der Waals surface area contributed by atoms with E-state index in [0.29, 0.717) is 21.5 Å². The molecule has 1 nitrogen and oxygen atoms in total. The quantitative estimate of drug-likeness (QED) is 0.845. The highest BCUT2D eigenvalue weighted by molar-refractivity contribution is 6.33.